The number of nitrogens with zero attached hydrogens (tertiary/aromatic N) is 1. The Balaban J connectivity index is 2.75. The summed E-state index contributed by atoms with van der Waals surface area (Å²) in [7, 11) is 0. The summed E-state index contributed by atoms with van der Waals surface area (Å²) in [6.07, 6.45) is -0.0726. The van der Waals surface area contributed by atoms with Crippen LogP contribution in [0.15, 0.2) is 24.3 Å². The van der Waals surface area contributed by atoms with Crippen molar-refractivity contribution in [3.05, 3.63) is 35.5 Å². The zero-order chi connectivity index (χ0) is 15.1. The van der Waals surface area contributed by atoms with E-state index < -0.39 is 11.4 Å². The minimum absolute atomic E-state index is 0.0251. The first-order valence-electron chi connectivity index (χ1n) is 6.59. The fraction of sp³-hybridized carbons (Fsp3) is 0.375. The van der Waals surface area contributed by atoms with Crippen molar-refractivity contribution < 1.29 is 14.7 Å². The molecule has 0 atom stereocenters. The van der Waals surface area contributed by atoms with Gasteiger partial charge in [0.05, 0.1) is 11.9 Å². The maximum absolute atomic E-state index is 12.6. The Morgan fingerprint density at radius 1 is 1.20 bits per heavy atom. The van der Waals surface area contributed by atoms with Crippen LogP contribution < -0.4 is 0 Å². The molecule has 0 saturated heterocycles. The Hall–Kier alpha value is -2.10. The lowest BCUT2D eigenvalue weighted by molar-refractivity contribution is -0.136. The first-order valence-corrected chi connectivity index (χ1v) is 6.59. The third kappa shape index (κ3) is 2.33. The van der Waals surface area contributed by atoms with Gasteiger partial charge < -0.3 is 5.11 Å². The van der Waals surface area contributed by atoms with Gasteiger partial charge in [-0.05, 0) is 18.6 Å². The highest BCUT2D eigenvalue weighted by molar-refractivity contribution is 5.99. The molecule has 1 aromatic heterocycles. The predicted molar refractivity (Wildman–Crippen MR) is 78.1 cm³/mol. The molecule has 4 heteroatoms. The summed E-state index contributed by atoms with van der Waals surface area (Å²) in [4.78, 5) is 23.7. The number of hydrogen-bond acceptors (Lipinski definition) is 2. The predicted octanol–water partition coefficient (Wildman–Crippen LogP) is 3.26. The number of aromatic nitrogens is 1. The Kier molecular flexibility index (Phi) is 3.42. The fourth-order valence-corrected chi connectivity index (χ4v) is 2.41. The number of rotatable bonds is 2. The Morgan fingerprint density at radius 2 is 1.80 bits per heavy atom. The van der Waals surface area contributed by atoms with Crippen molar-refractivity contribution in [3.63, 3.8) is 0 Å². The SMILES string of the molecule is Cc1c(CC(=O)O)c2ccccc2n1C(=O)C(C)(C)C. The number of carbonyl (C=O) groups is 2. The number of carboxylic acids is 1. The van der Waals surface area contributed by atoms with E-state index in [9.17, 15) is 9.59 Å². The topological polar surface area (TPSA) is 59.3 Å². The zero-order valence-electron chi connectivity index (χ0n) is 12.2. The molecule has 0 saturated carbocycles. The van der Waals surface area contributed by atoms with Crippen molar-refractivity contribution in [2.45, 2.75) is 34.1 Å². The third-order valence-electron chi connectivity index (χ3n) is 3.41. The largest absolute Gasteiger partial charge is 0.481 e. The van der Waals surface area contributed by atoms with E-state index in [0.717, 1.165) is 10.9 Å². The normalized spacial score (nSPS) is 11.8. The summed E-state index contributed by atoms with van der Waals surface area (Å²) >= 11 is 0. The number of hydrogen-bond donors (Lipinski definition) is 1. The molecule has 2 aromatic rings. The average Bonchev–Trinajstić information content (AvgIpc) is 2.60. The van der Waals surface area contributed by atoms with Gasteiger partial charge in [0.15, 0.2) is 0 Å². The minimum atomic E-state index is -0.890. The molecule has 0 aliphatic heterocycles. The molecular formula is C16H19NO3. The Morgan fingerprint density at radius 3 is 2.35 bits per heavy atom. The van der Waals surface area contributed by atoms with E-state index in [1.807, 2.05) is 52.0 Å². The molecule has 0 spiro atoms. The summed E-state index contributed by atoms with van der Waals surface area (Å²) in [5.41, 5.74) is 1.69. The van der Waals surface area contributed by atoms with E-state index in [1.165, 1.54) is 0 Å². The van der Waals surface area contributed by atoms with Gasteiger partial charge in [-0.1, -0.05) is 39.0 Å². The van der Waals surface area contributed by atoms with Crippen LogP contribution in [0.2, 0.25) is 0 Å². The van der Waals surface area contributed by atoms with E-state index in [4.69, 9.17) is 5.11 Å². The quantitative estimate of drug-likeness (QED) is 0.913. The number of benzene rings is 1. The number of carboxylic acid groups (broad SMARTS) is 1. The molecule has 0 unspecified atom stereocenters. The maximum atomic E-state index is 12.6. The fourth-order valence-electron chi connectivity index (χ4n) is 2.41. The van der Waals surface area contributed by atoms with Crippen LogP contribution in [-0.2, 0) is 11.2 Å². The number of carbonyl (C=O) groups excluding carboxylic acids is 1. The smallest absolute Gasteiger partial charge is 0.307 e. The molecule has 0 radical (unpaired) electrons. The van der Waals surface area contributed by atoms with Crippen LogP contribution in [0.3, 0.4) is 0 Å². The number of fused-ring (bicyclic) bond motifs is 1. The van der Waals surface area contributed by atoms with Crippen LogP contribution in [0.4, 0.5) is 0 Å². The molecule has 1 heterocycles. The van der Waals surface area contributed by atoms with Crippen molar-refractivity contribution >= 4 is 22.8 Å². The third-order valence-corrected chi connectivity index (χ3v) is 3.41. The highest BCUT2D eigenvalue weighted by Gasteiger charge is 2.27. The lowest BCUT2D eigenvalue weighted by Gasteiger charge is -2.19. The Bertz CT molecular complexity index is 690. The van der Waals surface area contributed by atoms with Crippen LogP contribution in [0.5, 0.6) is 0 Å². The summed E-state index contributed by atoms with van der Waals surface area (Å²) in [5.74, 6) is -0.915. The molecule has 4 nitrogen and oxygen atoms in total. The molecule has 0 fully saturated rings. The van der Waals surface area contributed by atoms with E-state index in [-0.39, 0.29) is 12.3 Å². The highest BCUT2D eigenvalue weighted by Crippen LogP contribution is 2.29. The first-order chi connectivity index (χ1) is 9.23. The second-order valence-corrected chi connectivity index (χ2v) is 6.04. The molecule has 0 bridgehead atoms. The molecule has 2 rings (SSSR count). The summed E-state index contributed by atoms with van der Waals surface area (Å²) < 4.78 is 1.65. The molecule has 1 N–H and O–H groups in total. The van der Waals surface area contributed by atoms with Crippen LogP contribution >= 0.6 is 0 Å². The Labute approximate surface area is 118 Å². The average molecular weight is 273 g/mol. The van der Waals surface area contributed by atoms with Crippen molar-refractivity contribution in [2.75, 3.05) is 0 Å². The minimum Gasteiger partial charge on any atom is -0.481 e. The summed E-state index contributed by atoms with van der Waals surface area (Å²) in [6, 6.07) is 7.45. The molecular weight excluding hydrogens is 254 g/mol. The van der Waals surface area contributed by atoms with Crippen LogP contribution in [0, 0.1) is 12.3 Å². The first kappa shape index (κ1) is 14.3. The van der Waals surface area contributed by atoms with E-state index >= 15 is 0 Å². The maximum Gasteiger partial charge on any atom is 0.307 e. The second-order valence-electron chi connectivity index (χ2n) is 6.04. The lowest BCUT2D eigenvalue weighted by Crippen LogP contribution is -2.27. The summed E-state index contributed by atoms with van der Waals surface area (Å²) in [6.45, 7) is 7.39. The van der Waals surface area contributed by atoms with Gasteiger partial charge in [-0.25, -0.2) is 0 Å². The summed E-state index contributed by atoms with van der Waals surface area (Å²) in [5, 5.41) is 9.90. The van der Waals surface area contributed by atoms with Gasteiger partial charge in [0.25, 0.3) is 0 Å². The molecule has 106 valence electrons. The van der Waals surface area contributed by atoms with Crippen molar-refractivity contribution in [1.29, 1.82) is 0 Å². The highest BCUT2D eigenvalue weighted by atomic mass is 16.4. The van der Waals surface area contributed by atoms with Gasteiger partial charge in [0, 0.05) is 16.5 Å². The van der Waals surface area contributed by atoms with E-state index in [2.05, 4.69) is 0 Å². The van der Waals surface area contributed by atoms with Crippen molar-refractivity contribution in [1.82, 2.24) is 4.57 Å². The van der Waals surface area contributed by atoms with Gasteiger partial charge in [0.2, 0.25) is 5.91 Å². The van der Waals surface area contributed by atoms with Gasteiger partial charge in [0.1, 0.15) is 0 Å². The van der Waals surface area contributed by atoms with Crippen LogP contribution in [0.1, 0.15) is 36.8 Å². The number of para-hydroxylation sites is 1. The second kappa shape index (κ2) is 4.78. The van der Waals surface area contributed by atoms with Crippen LogP contribution in [-0.4, -0.2) is 21.6 Å². The van der Waals surface area contributed by atoms with Crippen molar-refractivity contribution in [2.24, 2.45) is 5.41 Å². The standard InChI is InChI=1S/C16H19NO3/c1-10-12(9-14(18)19)11-7-5-6-8-13(11)17(10)15(20)16(2,3)4/h5-8H,9H2,1-4H3,(H,18,19). The molecule has 20 heavy (non-hydrogen) atoms. The van der Waals surface area contributed by atoms with Crippen molar-refractivity contribution in [3.8, 4) is 0 Å². The molecule has 0 amide bonds. The monoisotopic (exact) mass is 273 g/mol. The van der Waals surface area contributed by atoms with Gasteiger partial charge in [-0.3, -0.25) is 14.2 Å². The lowest BCUT2D eigenvalue weighted by atomic mass is 9.95. The molecule has 1 aromatic carbocycles. The van der Waals surface area contributed by atoms with E-state index in [0.29, 0.717) is 11.3 Å². The zero-order valence-corrected chi connectivity index (χ0v) is 12.2. The number of aliphatic carboxylic acids is 1. The van der Waals surface area contributed by atoms with Gasteiger partial charge in [-0.2, -0.15) is 0 Å². The molecule has 0 aliphatic carbocycles. The van der Waals surface area contributed by atoms with Gasteiger partial charge in [-0.15, -0.1) is 0 Å². The van der Waals surface area contributed by atoms with E-state index in [1.54, 1.807) is 4.57 Å². The molecule has 0 aliphatic rings. The van der Waals surface area contributed by atoms with Gasteiger partial charge >= 0.3 is 5.97 Å². The van der Waals surface area contributed by atoms with Crippen LogP contribution in [0.25, 0.3) is 10.9 Å².